The number of fused-ring (bicyclic) bond motifs is 1. The summed E-state index contributed by atoms with van der Waals surface area (Å²) < 4.78 is 39.5. The molecule has 1 N–H and O–H groups in total. The van der Waals surface area contributed by atoms with Crippen molar-refractivity contribution < 1.29 is 18.0 Å². The van der Waals surface area contributed by atoms with Crippen molar-refractivity contribution in [2.45, 2.75) is 31.5 Å². The Morgan fingerprint density at radius 2 is 1.70 bits per heavy atom. The summed E-state index contributed by atoms with van der Waals surface area (Å²) in [6.45, 7) is 1.42. The number of aromatic nitrogens is 1. The van der Waals surface area contributed by atoms with Gasteiger partial charge in [0.2, 0.25) is 0 Å². The molecular formula is C21H19F3N2O. The molecule has 140 valence electrons. The number of nitrogens with one attached hydrogen (secondary N) is 1. The topological polar surface area (TPSA) is 42.0 Å². The number of rotatable bonds is 5. The van der Waals surface area contributed by atoms with Gasteiger partial charge in [0.1, 0.15) is 0 Å². The number of nitrogens with zero attached hydrogens (tertiary/aromatic N) is 1. The number of hydrogen-bond acceptors (Lipinski definition) is 2. The average molecular weight is 372 g/mol. The zero-order valence-corrected chi connectivity index (χ0v) is 14.8. The van der Waals surface area contributed by atoms with E-state index in [9.17, 15) is 18.0 Å². The van der Waals surface area contributed by atoms with E-state index in [0.717, 1.165) is 16.5 Å². The van der Waals surface area contributed by atoms with E-state index in [0.29, 0.717) is 0 Å². The molecule has 0 spiro atoms. The number of hydrogen-bond donors (Lipinski definition) is 1. The number of pyridine rings is 1. The predicted octanol–water partition coefficient (Wildman–Crippen LogP) is 4.92. The fraction of sp³-hybridized carbons (Fsp3) is 0.238. The summed E-state index contributed by atoms with van der Waals surface area (Å²) in [7, 11) is 0. The third-order valence-corrected chi connectivity index (χ3v) is 4.30. The van der Waals surface area contributed by atoms with E-state index in [4.69, 9.17) is 0 Å². The van der Waals surface area contributed by atoms with Gasteiger partial charge in [-0.15, -0.1) is 0 Å². The summed E-state index contributed by atoms with van der Waals surface area (Å²) >= 11 is 0. The lowest BCUT2D eigenvalue weighted by Gasteiger charge is -2.32. The first kappa shape index (κ1) is 18.9. The maximum Gasteiger partial charge on any atom is 0.391 e. The highest BCUT2D eigenvalue weighted by molar-refractivity contribution is 5.97. The number of halogens is 3. The van der Waals surface area contributed by atoms with Gasteiger partial charge in [-0.2, -0.15) is 13.2 Å². The molecule has 0 fully saturated rings. The van der Waals surface area contributed by atoms with E-state index in [2.05, 4.69) is 10.3 Å². The van der Waals surface area contributed by atoms with Crippen LogP contribution in [-0.4, -0.2) is 22.6 Å². The molecule has 1 amide bonds. The highest BCUT2D eigenvalue weighted by Crippen LogP contribution is 2.30. The smallest absolute Gasteiger partial charge is 0.346 e. The predicted molar refractivity (Wildman–Crippen MR) is 98.4 cm³/mol. The van der Waals surface area contributed by atoms with Gasteiger partial charge in [-0.05, 0) is 31.0 Å². The second-order valence-electron chi connectivity index (χ2n) is 6.89. The van der Waals surface area contributed by atoms with Crippen molar-refractivity contribution in [1.29, 1.82) is 0 Å². The van der Waals surface area contributed by atoms with Crippen LogP contribution in [0.5, 0.6) is 0 Å². The molecule has 27 heavy (non-hydrogen) atoms. The van der Waals surface area contributed by atoms with E-state index < -0.39 is 24.0 Å². The molecule has 0 aliphatic carbocycles. The van der Waals surface area contributed by atoms with E-state index in [1.165, 1.54) is 13.1 Å². The molecule has 0 saturated carbocycles. The van der Waals surface area contributed by atoms with Gasteiger partial charge in [0.15, 0.2) is 0 Å². The molecule has 1 unspecified atom stereocenters. The molecular weight excluding hydrogens is 353 g/mol. The number of amides is 1. The normalized spacial score (nSPS) is 13.9. The maximum absolute atomic E-state index is 13.2. The molecule has 6 heteroatoms. The van der Waals surface area contributed by atoms with Crippen LogP contribution < -0.4 is 5.32 Å². The standard InChI is InChI=1S/C21H19F3N2O/c1-20(14-21(22,23)24,12-15-7-3-2-4-8-15)26-19(27)17-11-16-9-5-6-10-18(16)25-13-17/h2-11,13H,12,14H2,1H3,(H,26,27). The van der Waals surface area contributed by atoms with Crippen LogP contribution >= 0.6 is 0 Å². The van der Waals surface area contributed by atoms with Crippen molar-refractivity contribution in [3.8, 4) is 0 Å². The minimum atomic E-state index is -4.40. The summed E-state index contributed by atoms with van der Waals surface area (Å²) in [4.78, 5) is 16.9. The fourth-order valence-corrected chi connectivity index (χ4v) is 3.18. The molecule has 3 rings (SSSR count). The lowest BCUT2D eigenvalue weighted by molar-refractivity contribution is -0.147. The van der Waals surface area contributed by atoms with Gasteiger partial charge in [0, 0.05) is 11.6 Å². The van der Waals surface area contributed by atoms with Crippen LogP contribution in [-0.2, 0) is 6.42 Å². The lowest BCUT2D eigenvalue weighted by atomic mass is 9.88. The summed E-state index contributed by atoms with van der Waals surface area (Å²) in [6.07, 6.45) is -4.08. The van der Waals surface area contributed by atoms with E-state index in [1.54, 1.807) is 48.5 Å². The summed E-state index contributed by atoms with van der Waals surface area (Å²) in [6, 6.07) is 17.7. The third kappa shape index (κ3) is 5.06. The molecule has 2 aromatic carbocycles. The molecule has 1 heterocycles. The van der Waals surface area contributed by atoms with E-state index in [1.807, 2.05) is 12.1 Å². The Balaban J connectivity index is 1.86. The van der Waals surface area contributed by atoms with Crippen molar-refractivity contribution in [1.82, 2.24) is 10.3 Å². The van der Waals surface area contributed by atoms with Gasteiger partial charge < -0.3 is 5.32 Å². The van der Waals surface area contributed by atoms with Crippen molar-refractivity contribution in [2.75, 3.05) is 0 Å². The summed E-state index contributed by atoms with van der Waals surface area (Å²) in [5.41, 5.74) is 0.204. The van der Waals surface area contributed by atoms with Crippen LogP contribution in [0.3, 0.4) is 0 Å². The first-order chi connectivity index (χ1) is 12.7. The maximum atomic E-state index is 13.2. The Hall–Kier alpha value is -2.89. The number of alkyl halides is 3. The van der Waals surface area contributed by atoms with E-state index in [-0.39, 0.29) is 12.0 Å². The van der Waals surface area contributed by atoms with Gasteiger partial charge in [-0.25, -0.2) is 0 Å². The number of carbonyl (C=O) groups is 1. The molecule has 0 aliphatic heterocycles. The second-order valence-corrected chi connectivity index (χ2v) is 6.89. The van der Waals surface area contributed by atoms with Gasteiger partial charge in [-0.1, -0.05) is 48.5 Å². The Labute approximate surface area is 155 Å². The van der Waals surface area contributed by atoms with Crippen LogP contribution in [0, 0.1) is 0 Å². The lowest BCUT2D eigenvalue weighted by Crippen LogP contribution is -2.50. The quantitative estimate of drug-likeness (QED) is 0.691. The SMILES string of the molecule is CC(Cc1ccccc1)(CC(F)(F)F)NC(=O)c1cnc2ccccc2c1. The Bertz CT molecular complexity index is 941. The van der Waals surface area contributed by atoms with Crippen LogP contribution in [0.2, 0.25) is 0 Å². The van der Waals surface area contributed by atoms with Gasteiger partial charge in [0.05, 0.1) is 23.0 Å². The minimum Gasteiger partial charge on any atom is -0.346 e. The summed E-state index contributed by atoms with van der Waals surface area (Å²) in [5.74, 6) is -0.573. The van der Waals surface area contributed by atoms with Crippen LogP contribution in [0.25, 0.3) is 10.9 Å². The first-order valence-electron chi connectivity index (χ1n) is 8.52. The molecule has 0 bridgehead atoms. The van der Waals surface area contributed by atoms with Gasteiger partial charge >= 0.3 is 6.18 Å². The molecule has 0 saturated heterocycles. The number of para-hydroxylation sites is 1. The second kappa shape index (κ2) is 7.39. The molecule has 1 atom stereocenters. The van der Waals surface area contributed by atoms with Crippen LogP contribution in [0.4, 0.5) is 13.2 Å². The first-order valence-corrected chi connectivity index (χ1v) is 8.52. The minimum absolute atomic E-state index is 0.0695. The number of benzene rings is 2. The van der Waals surface area contributed by atoms with Gasteiger partial charge in [0.25, 0.3) is 5.91 Å². The average Bonchev–Trinajstić information content (AvgIpc) is 2.60. The zero-order valence-electron chi connectivity index (χ0n) is 14.8. The molecule has 0 radical (unpaired) electrons. The van der Waals surface area contributed by atoms with Crippen molar-refractivity contribution in [3.63, 3.8) is 0 Å². The van der Waals surface area contributed by atoms with Crippen LogP contribution in [0.15, 0.2) is 66.9 Å². The zero-order chi connectivity index (χ0) is 19.5. The Morgan fingerprint density at radius 1 is 1.04 bits per heavy atom. The van der Waals surface area contributed by atoms with E-state index >= 15 is 0 Å². The molecule has 1 aromatic heterocycles. The van der Waals surface area contributed by atoms with Crippen molar-refractivity contribution in [3.05, 3.63) is 78.0 Å². The van der Waals surface area contributed by atoms with Crippen molar-refractivity contribution in [2.24, 2.45) is 0 Å². The molecule has 0 aliphatic rings. The number of carbonyl (C=O) groups excluding carboxylic acids is 1. The monoisotopic (exact) mass is 372 g/mol. The third-order valence-electron chi connectivity index (χ3n) is 4.30. The van der Waals surface area contributed by atoms with Gasteiger partial charge in [-0.3, -0.25) is 9.78 Å². The highest BCUT2D eigenvalue weighted by Gasteiger charge is 2.40. The molecule has 3 aromatic rings. The molecule has 3 nitrogen and oxygen atoms in total. The Kier molecular flexibility index (Phi) is 5.17. The Morgan fingerprint density at radius 3 is 2.41 bits per heavy atom. The van der Waals surface area contributed by atoms with Crippen molar-refractivity contribution >= 4 is 16.8 Å². The van der Waals surface area contributed by atoms with Crippen LogP contribution in [0.1, 0.15) is 29.3 Å². The largest absolute Gasteiger partial charge is 0.391 e. The fourth-order valence-electron chi connectivity index (χ4n) is 3.18. The highest BCUT2D eigenvalue weighted by atomic mass is 19.4. The summed E-state index contributed by atoms with van der Waals surface area (Å²) in [5, 5.41) is 3.34.